The molecule has 3 nitrogen and oxygen atoms in total. The van der Waals surface area contributed by atoms with Crippen molar-refractivity contribution in [3.8, 4) is 0 Å². The van der Waals surface area contributed by atoms with Gasteiger partial charge < -0.3 is 10.1 Å². The van der Waals surface area contributed by atoms with Crippen molar-refractivity contribution in [1.29, 1.82) is 0 Å². The molecular formula is C6H8F3NO2. The van der Waals surface area contributed by atoms with E-state index in [0.717, 1.165) is 0 Å². The summed E-state index contributed by atoms with van der Waals surface area (Å²) in [5, 5.41) is 1.58. The fourth-order valence-electron chi connectivity index (χ4n) is 0.402. The molecule has 70 valence electrons. The van der Waals surface area contributed by atoms with Crippen LogP contribution in [0.15, 0.2) is 0 Å². The summed E-state index contributed by atoms with van der Waals surface area (Å²) in [6.07, 6.45) is -4.40. The molecule has 0 aliphatic carbocycles. The van der Waals surface area contributed by atoms with Gasteiger partial charge in [-0.2, -0.15) is 13.2 Å². The van der Waals surface area contributed by atoms with E-state index in [-0.39, 0.29) is 6.54 Å². The minimum Gasteiger partial charge on any atom is -0.348 e. The van der Waals surface area contributed by atoms with Crippen LogP contribution in [0, 0.1) is 5.92 Å². The summed E-state index contributed by atoms with van der Waals surface area (Å²) in [5.74, 6) is -2.62. The van der Waals surface area contributed by atoms with Gasteiger partial charge in [-0.1, -0.05) is 6.92 Å². The molecule has 1 atom stereocenters. The minimum atomic E-state index is -4.87. The lowest BCUT2D eigenvalue weighted by Gasteiger charge is -2.08. The number of carbonyl (C=O) groups is 2. The summed E-state index contributed by atoms with van der Waals surface area (Å²) in [4.78, 5) is 20.1. The number of halogens is 3. The number of hydrogen-bond acceptors (Lipinski definition) is 2. The van der Waals surface area contributed by atoms with Gasteiger partial charge in [-0.3, -0.25) is 4.79 Å². The van der Waals surface area contributed by atoms with Gasteiger partial charge in [0.1, 0.15) is 6.29 Å². The first-order chi connectivity index (χ1) is 5.38. The largest absolute Gasteiger partial charge is 0.471 e. The lowest BCUT2D eigenvalue weighted by Crippen LogP contribution is -2.39. The van der Waals surface area contributed by atoms with Crippen LogP contribution in [0.2, 0.25) is 0 Å². The van der Waals surface area contributed by atoms with E-state index in [1.165, 1.54) is 6.92 Å². The number of carbonyl (C=O) groups excluding carboxylic acids is 2. The Hall–Kier alpha value is -1.07. The lowest BCUT2D eigenvalue weighted by molar-refractivity contribution is -0.173. The first-order valence-electron chi connectivity index (χ1n) is 3.18. The molecule has 1 amide bonds. The monoisotopic (exact) mass is 183 g/mol. The summed E-state index contributed by atoms with van der Waals surface area (Å²) < 4.78 is 34.5. The molecule has 0 aromatic heterocycles. The molecule has 0 aromatic rings. The number of amides is 1. The Morgan fingerprint density at radius 2 is 2.08 bits per heavy atom. The second-order valence-electron chi connectivity index (χ2n) is 2.32. The summed E-state index contributed by atoms with van der Waals surface area (Å²) in [5.41, 5.74) is 0. The number of aldehydes is 1. The van der Waals surface area contributed by atoms with Crippen molar-refractivity contribution in [2.45, 2.75) is 13.1 Å². The van der Waals surface area contributed by atoms with Crippen LogP contribution < -0.4 is 5.32 Å². The van der Waals surface area contributed by atoms with E-state index >= 15 is 0 Å². The Labute approximate surface area is 66.9 Å². The maximum absolute atomic E-state index is 11.5. The van der Waals surface area contributed by atoms with Gasteiger partial charge in [0.15, 0.2) is 0 Å². The molecule has 0 bridgehead atoms. The van der Waals surface area contributed by atoms with Crippen molar-refractivity contribution in [1.82, 2.24) is 5.32 Å². The van der Waals surface area contributed by atoms with Crippen LogP contribution >= 0.6 is 0 Å². The molecule has 0 heterocycles. The smallest absolute Gasteiger partial charge is 0.348 e. The summed E-state index contributed by atoms with van der Waals surface area (Å²) in [7, 11) is 0. The van der Waals surface area contributed by atoms with Crippen LogP contribution in [0.5, 0.6) is 0 Å². The van der Waals surface area contributed by atoms with E-state index in [0.29, 0.717) is 6.29 Å². The Kier molecular flexibility index (Phi) is 3.72. The Bertz CT molecular complexity index is 178. The molecular weight excluding hydrogens is 175 g/mol. The standard InChI is InChI=1S/C6H8F3NO2/c1-4(3-11)2-10-5(12)6(7,8)9/h3-4H,2H2,1H3,(H,10,12). The molecule has 6 heteroatoms. The highest BCUT2D eigenvalue weighted by atomic mass is 19.4. The maximum atomic E-state index is 11.5. The lowest BCUT2D eigenvalue weighted by atomic mass is 10.2. The molecule has 1 unspecified atom stereocenters. The van der Waals surface area contributed by atoms with Crippen LogP contribution in [0.4, 0.5) is 13.2 Å². The predicted molar refractivity (Wildman–Crippen MR) is 34.3 cm³/mol. The molecule has 0 aliphatic heterocycles. The van der Waals surface area contributed by atoms with Crippen LogP contribution in [0.3, 0.4) is 0 Å². The van der Waals surface area contributed by atoms with Gasteiger partial charge in [0, 0.05) is 12.5 Å². The average Bonchev–Trinajstić information content (AvgIpc) is 1.97. The molecule has 12 heavy (non-hydrogen) atoms. The first kappa shape index (κ1) is 10.9. The second kappa shape index (κ2) is 4.08. The third-order valence-electron chi connectivity index (χ3n) is 1.07. The van der Waals surface area contributed by atoms with Gasteiger partial charge >= 0.3 is 12.1 Å². The van der Waals surface area contributed by atoms with Gasteiger partial charge in [0.2, 0.25) is 0 Å². The van der Waals surface area contributed by atoms with Crippen molar-refractivity contribution in [3.63, 3.8) is 0 Å². The van der Waals surface area contributed by atoms with E-state index in [1.807, 2.05) is 0 Å². The third-order valence-corrected chi connectivity index (χ3v) is 1.07. The highest BCUT2D eigenvalue weighted by Gasteiger charge is 2.38. The second-order valence-corrected chi connectivity index (χ2v) is 2.32. The zero-order chi connectivity index (χ0) is 9.78. The molecule has 0 spiro atoms. The van der Waals surface area contributed by atoms with E-state index in [9.17, 15) is 22.8 Å². The van der Waals surface area contributed by atoms with Crippen LogP contribution in [-0.4, -0.2) is 24.9 Å². The predicted octanol–water partition coefficient (Wildman–Crippen LogP) is 0.500. The number of nitrogens with one attached hydrogen (secondary N) is 1. The Balaban J connectivity index is 3.80. The Morgan fingerprint density at radius 1 is 1.58 bits per heavy atom. The quantitative estimate of drug-likeness (QED) is 0.647. The SMILES string of the molecule is CC(C=O)CNC(=O)C(F)(F)F. The van der Waals surface area contributed by atoms with Crippen molar-refractivity contribution in [2.24, 2.45) is 5.92 Å². The topological polar surface area (TPSA) is 46.2 Å². The molecule has 0 radical (unpaired) electrons. The van der Waals surface area contributed by atoms with E-state index in [4.69, 9.17) is 0 Å². The highest BCUT2D eigenvalue weighted by molar-refractivity contribution is 5.81. The van der Waals surface area contributed by atoms with E-state index in [2.05, 4.69) is 0 Å². The van der Waals surface area contributed by atoms with Crippen molar-refractivity contribution >= 4 is 12.2 Å². The van der Waals surface area contributed by atoms with Crippen molar-refractivity contribution in [3.05, 3.63) is 0 Å². The molecule has 0 aliphatic rings. The molecule has 0 rings (SSSR count). The molecule has 0 saturated heterocycles. The fraction of sp³-hybridized carbons (Fsp3) is 0.667. The van der Waals surface area contributed by atoms with E-state index < -0.39 is 18.0 Å². The summed E-state index contributed by atoms with van der Waals surface area (Å²) in [6, 6.07) is 0. The zero-order valence-electron chi connectivity index (χ0n) is 6.31. The first-order valence-corrected chi connectivity index (χ1v) is 3.18. The summed E-state index contributed by atoms with van der Waals surface area (Å²) in [6.45, 7) is 1.12. The number of alkyl halides is 3. The van der Waals surface area contributed by atoms with Gasteiger partial charge in [-0.25, -0.2) is 0 Å². The third kappa shape index (κ3) is 3.95. The van der Waals surface area contributed by atoms with Gasteiger partial charge in [0.25, 0.3) is 0 Å². The van der Waals surface area contributed by atoms with Gasteiger partial charge in [-0.15, -0.1) is 0 Å². The van der Waals surface area contributed by atoms with Crippen LogP contribution in [0.1, 0.15) is 6.92 Å². The highest BCUT2D eigenvalue weighted by Crippen LogP contribution is 2.13. The van der Waals surface area contributed by atoms with E-state index in [1.54, 1.807) is 5.32 Å². The Morgan fingerprint density at radius 3 is 2.42 bits per heavy atom. The van der Waals surface area contributed by atoms with Crippen LogP contribution in [-0.2, 0) is 9.59 Å². The van der Waals surface area contributed by atoms with Gasteiger partial charge in [0.05, 0.1) is 0 Å². The average molecular weight is 183 g/mol. The number of hydrogen-bond donors (Lipinski definition) is 1. The molecule has 0 aromatic carbocycles. The maximum Gasteiger partial charge on any atom is 0.471 e. The van der Waals surface area contributed by atoms with Gasteiger partial charge in [-0.05, 0) is 0 Å². The minimum absolute atomic E-state index is 0.290. The zero-order valence-corrected chi connectivity index (χ0v) is 6.31. The number of rotatable bonds is 3. The normalized spacial score (nSPS) is 13.7. The fourth-order valence-corrected chi connectivity index (χ4v) is 0.402. The van der Waals surface area contributed by atoms with Crippen LogP contribution in [0.25, 0.3) is 0 Å². The molecule has 1 N–H and O–H groups in total. The summed E-state index contributed by atoms with van der Waals surface area (Å²) >= 11 is 0. The van der Waals surface area contributed by atoms with Crippen molar-refractivity contribution < 1.29 is 22.8 Å². The van der Waals surface area contributed by atoms with Crippen molar-refractivity contribution in [2.75, 3.05) is 6.54 Å². The molecule has 0 saturated carbocycles. The molecule has 0 fully saturated rings.